The zero-order valence-electron chi connectivity index (χ0n) is 18.2. The number of methoxy groups -OCH3 is 1. The zero-order valence-corrected chi connectivity index (χ0v) is 19.0. The minimum absolute atomic E-state index is 0.0657. The monoisotopic (exact) mass is 438 g/mol. The Morgan fingerprint density at radius 2 is 1.90 bits per heavy atom. The van der Waals surface area contributed by atoms with Crippen LogP contribution in [0.25, 0.3) is 10.2 Å². The van der Waals surface area contributed by atoms with E-state index < -0.39 is 5.97 Å². The van der Waals surface area contributed by atoms with E-state index in [0.29, 0.717) is 11.3 Å². The molecule has 0 aliphatic carbocycles. The molecule has 0 unspecified atom stereocenters. The van der Waals surface area contributed by atoms with Crippen molar-refractivity contribution in [3.63, 3.8) is 0 Å². The van der Waals surface area contributed by atoms with Crippen molar-refractivity contribution in [3.8, 4) is 0 Å². The van der Waals surface area contributed by atoms with E-state index in [9.17, 15) is 9.59 Å². The molecule has 1 aliphatic rings. The highest BCUT2D eigenvalue weighted by atomic mass is 32.1. The lowest BCUT2D eigenvalue weighted by atomic mass is 9.95. The molecule has 0 saturated carbocycles. The molecule has 0 spiro atoms. The lowest BCUT2D eigenvalue weighted by molar-refractivity contribution is -0.120. The number of carbonyl (C=O) groups is 2. The van der Waals surface area contributed by atoms with Gasteiger partial charge in [0.25, 0.3) is 0 Å². The number of benzene rings is 1. The molecular formula is C23H26N4O3S. The number of piperidine rings is 1. The first kappa shape index (κ1) is 21.2. The van der Waals surface area contributed by atoms with E-state index in [1.165, 1.54) is 17.6 Å². The van der Waals surface area contributed by atoms with Gasteiger partial charge in [0.1, 0.15) is 17.0 Å². The predicted octanol–water partition coefficient (Wildman–Crippen LogP) is 4.26. The van der Waals surface area contributed by atoms with Gasteiger partial charge in [0, 0.05) is 23.9 Å². The normalized spacial score (nSPS) is 14.6. The molecule has 1 saturated heterocycles. The molecule has 0 bridgehead atoms. The second-order valence-electron chi connectivity index (χ2n) is 7.95. The average Bonchev–Trinajstić information content (AvgIpc) is 3.08. The first-order valence-corrected chi connectivity index (χ1v) is 11.2. The maximum Gasteiger partial charge on any atom is 0.339 e. The average molecular weight is 439 g/mol. The van der Waals surface area contributed by atoms with Gasteiger partial charge in [0.15, 0.2) is 0 Å². The molecular weight excluding hydrogens is 412 g/mol. The summed E-state index contributed by atoms with van der Waals surface area (Å²) in [5, 5.41) is 4.06. The Bertz CT molecular complexity index is 1150. The number of rotatable bonds is 4. The molecule has 3 heterocycles. The number of hydrogen-bond donors (Lipinski definition) is 1. The number of hydrogen-bond acceptors (Lipinski definition) is 7. The van der Waals surface area contributed by atoms with Gasteiger partial charge in [-0.05, 0) is 51.3 Å². The van der Waals surface area contributed by atoms with Crippen molar-refractivity contribution in [1.82, 2.24) is 9.97 Å². The first-order chi connectivity index (χ1) is 14.9. The molecule has 3 aromatic rings. The van der Waals surface area contributed by atoms with Gasteiger partial charge in [-0.3, -0.25) is 4.79 Å². The van der Waals surface area contributed by atoms with Gasteiger partial charge in [-0.1, -0.05) is 11.6 Å². The minimum Gasteiger partial charge on any atom is -0.465 e. The van der Waals surface area contributed by atoms with Crippen LogP contribution < -0.4 is 10.2 Å². The van der Waals surface area contributed by atoms with Gasteiger partial charge in [0.05, 0.1) is 23.7 Å². The van der Waals surface area contributed by atoms with Gasteiger partial charge in [-0.15, -0.1) is 11.3 Å². The van der Waals surface area contributed by atoms with Crippen LogP contribution >= 0.6 is 11.3 Å². The van der Waals surface area contributed by atoms with Crippen molar-refractivity contribution in [2.24, 2.45) is 5.92 Å². The largest absolute Gasteiger partial charge is 0.465 e. The summed E-state index contributed by atoms with van der Waals surface area (Å²) < 4.78 is 4.86. The summed E-state index contributed by atoms with van der Waals surface area (Å²) in [6.45, 7) is 7.61. The second kappa shape index (κ2) is 8.63. The van der Waals surface area contributed by atoms with Gasteiger partial charge in [-0.25, -0.2) is 14.8 Å². The van der Waals surface area contributed by atoms with E-state index in [-0.39, 0.29) is 11.8 Å². The third-order valence-electron chi connectivity index (χ3n) is 5.95. The van der Waals surface area contributed by atoms with Crippen LogP contribution in [0.4, 0.5) is 11.5 Å². The Morgan fingerprint density at radius 1 is 1.16 bits per heavy atom. The molecule has 1 aromatic carbocycles. The summed E-state index contributed by atoms with van der Waals surface area (Å²) in [7, 11) is 1.34. The van der Waals surface area contributed by atoms with Crippen LogP contribution in [0.1, 0.15) is 39.2 Å². The number of thiophene rings is 1. The van der Waals surface area contributed by atoms with Crippen molar-refractivity contribution in [3.05, 3.63) is 46.1 Å². The third-order valence-corrected chi connectivity index (χ3v) is 7.06. The Hall–Kier alpha value is -3.00. The van der Waals surface area contributed by atoms with Crippen molar-refractivity contribution in [2.75, 3.05) is 30.4 Å². The molecule has 162 valence electrons. The lowest BCUT2D eigenvalue weighted by Gasteiger charge is -2.32. The SMILES string of the molecule is COC(=O)c1cc(C)ccc1NC(=O)C1CCN(c2ncnc3sc(C)c(C)c23)CC1. The number of fused-ring (bicyclic) bond motifs is 1. The molecule has 1 N–H and O–H groups in total. The molecule has 0 radical (unpaired) electrons. The highest BCUT2D eigenvalue weighted by molar-refractivity contribution is 7.18. The standard InChI is InChI=1S/C23H26N4O3S/c1-13-5-6-18(17(11-13)23(29)30-4)26-21(28)16-7-9-27(10-8-16)20-19-14(2)15(3)31-22(19)25-12-24-20/h5-6,11-12,16H,7-10H2,1-4H3,(H,26,28). The van der Waals surface area contributed by atoms with E-state index in [1.54, 1.807) is 29.8 Å². The topological polar surface area (TPSA) is 84.4 Å². The van der Waals surface area contributed by atoms with Crippen LogP contribution in [-0.2, 0) is 9.53 Å². The Balaban J connectivity index is 1.47. The fraction of sp³-hybridized carbons (Fsp3) is 0.391. The van der Waals surface area contributed by atoms with Gasteiger partial charge in [0.2, 0.25) is 5.91 Å². The maximum absolute atomic E-state index is 12.9. The predicted molar refractivity (Wildman–Crippen MR) is 123 cm³/mol. The van der Waals surface area contributed by atoms with Crippen LogP contribution in [0.2, 0.25) is 0 Å². The van der Waals surface area contributed by atoms with E-state index >= 15 is 0 Å². The number of esters is 1. The van der Waals surface area contributed by atoms with E-state index in [1.807, 2.05) is 13.0 Å². The van der Waals surface area contributed by atoms with Gasteiger partial charge >= 0.3 is 5.97 Å². The van der Waals surface area contributed by atoms with Crippen LogP contribution in [0.15, 0.2) is 24.5 Å². The summed E-state index contributed by atoms with van der Waals surface area (Å²) in [4.78, 5) is 38.5. The smallest absolute Gasteiger partial charge is 0.339 e. The fourth-order valence-electron chi connectivity index (χ4n) is 4.04. The summed E-state index contributed by atoms with van der Waals surface area (Å²) in [5.74, 6) is 0.315. The van der Waals surface area contributed by atoms with Gasteiger partial charge in [-0.2, -0.15) is 0 Å². The van der Waals surface area contributed by atoms with E-state index in [0.717, 1.165) is 47.5 Å². The number of aromatic nitrogens is 2. The van der Waals surface area contributed by atoms with Crippen LogP contribution in [-0.4, -0.2) is 42.0 Å². The Morgan fingerprint density at radius 3 is 2.61 bits per heavy atom. The highest BCUT2D eigenvalue weighted by Gasteiger charge is 2.28. The summed E-state index contributed by atoms with van der Waals surface area (Å²) >= 11 is 1.69. The molecule has 2 aromatic heterocycles. The summed E-state index contributed by atoms with van der Waals surface area (Å²) in [6.07, 6.45) is 3.06. The lowest BCUT2D eigenvalue weighted by Crippen LogP contribution is -2.38. The first-order valence-electron chi connectivity index (χ1n) is 10.3. The molecule has 0 atom stereocenters. The van der Waals surface area contributed by atoms with E-state index in [4.69, 9.17) is 4.74 Å². The van der Waals surface area contributed by atoms with Crippen molar-refractivity contribution in [1.29, 1.82) is 0 Å². The van der Waals surface area contributed by atoms with Crippen molar-refractivity contribution in [2.45, 2.75) is 33.6 Å². The molecule has 4 rings (SSSR count). The highest BCUT2D eigenvalue weighted by Crippen LogP contribution is 2.35. The Kier molecular flexibility index (Phi) is 5.91. The number of nitrogens with one attached hydrogen (secondary N) is 1. The summed E-state index contributed by atoms with van der Waals surface area (Å²) in [6, 6.07) is 5.36. The van der Waals surface area contributed by atoms with Crippen LogP contribution in [0.5, 0.6) is 0 Å². The fourth-order valence-corrected chi connectivity index (χ4v) is 5.03. The molecule has 8 heteroatoms. The van der Waals surface area contributed by atoms with Gasteiger partial charge < -0.3 is 15.0 Å². The zero-order chi connectivity index (χ0) is 22.1. The molecule has 1 fully saturated rings. The number of anilines is 2. The Labute approximate surface area is 185 Å². The van der Waals surface area contributed by atoms with Crippen LogP contribution in [0.3, 0.4) is 0 Å². The van der Waals surface area contributed by atoms with Crippen molar-refractivity contribution < 1.29 is 14.3 Å². The second-order valence-corrected chi connectivity index (χ2v) is 9.16. The molecule has 7 nitrogen and oxygen atoms in total. The van der Waals surface area contributed by atoms with E-state index in [2.05, 4.69) is 34.0 Å². The van der Waals surface area contributed by atoms with Crippen molar-refractivity contribution >= 4 is 44.9 Å². The third kappa shape index (κ3) is 4.12. The minimum atomic E-state index is -0.456. The number of carbonyl (C=O) groups excluding carboxylic acids is 2. The molecule has 1 amide bonds. The number of aryl methyl sites for hydroxylation is 3. The van der Waals surface area contributed by atoms with Crippen LogP contribution in [0, 0.1) is 26.7 Å². The summed E-state index contributed by atoms with van der Waals surface area (Å²) in [5.41, 5.74) is 3.03. The number of nitrogens with zero attached hydrogens (tertiary/aromatic N) is 3. The number of amides is 1. The molecule has 31 heavy (non-hydrogen) atoms. The number of ether oxygens (including phenoxy) is 1. The maximum atomic E-state index is 12.9. The quantitative estimate of drug-likeness (QED) is 0.613. The molecule has 1 aliphatic heterocycles.